The van der Waals surface area contributed by atoms with Crippen LogP contribution in [0.5, 0.6) is 0 Å². The molecule has 2 rings (SSSR count). The van der Waals surface area contributed by atoms with Crippen molar-refractivity contribution in [1.82, 2.24) is 4.90 Å². The van der Waals surface area contributed by atoms with E-state index in [4.69, 9.17) is 5.73 Å². The summed E-state index contributed by atoms with van der Waals surface area (Å²) in [4.78, 5) is 15.0. The lowest BCUT2D eigenvalue weighted by molar-refractivity contribution is 0.0632. The highest BCUT2D eigenvalue weighted by atomic mass is 16.2. The van der Waals surface area contributed by atoms with Gasteiger partial charge in [0.1, 0.15) is 0 Å². The van der Waals surface area contributed by atoms with E-state index in [-0.39, 0.29) is 5.91 Å². The molecule has 1 aliphatic carbocycles. The van der Waals surface area contributed by atoms with Gasteiger partial charge in [-0.2, -0.15) is 0 Å². The molecule has 0 aliphatic heterocycles. The van der Waals surface area contributed by atoms with Crippen LogP contribution < -0.4 is 5.73 Å². The first-order valence-corrected chi connectivity index (χ1v) is 8.21. The molecule has 3 nitrogen and oxygen atoms in total. The third-order valence-corrected chi connectivity index (χ3v) is 4.35. The van der Waals surface area contributed by atoms with E-state index < -0.39 is 0 Å². The third-order valence-electron chi connectivity index (χ3n) is 4.35. The Balaban J connectivity index is 2.19. The molecule has 1 fully saturated rings. The Hall–Kier alpha value is -1.35. The highest BCUT2D eigenvalue weighted by Crippen LogP contribution is 2.24. The lowest BCUT2D eigenvalue weighted by Gasteiger charge is -2.34. The summed E-state index contributed by atoms with van der Waals surface area (Å²) < 4.78 is 0. The summed E-state index contributed by atoms with van der Waals surface area (Å²) >= 11 is 0. The van der Waals surface area contributed by atoms with Gasteiger partial charge in [-0.05, 0) is 51.8 Å². The van der Waals surface area contributed by atoms with Crippen LogP contribution in [0.2, 0.25) is 0 Å². The van der Waals surface area contributed by atoms with Crippen molar-refractivity contribution in [3.05, 3.63) is 34.9 Å². The normalized spacial score (nSPS) is 16.0. The Bertz CT molecular complexity index is 458. The van der Waals surface area contributed by atoms with Crippen molar-refractivity contribution in [2.75, 3.05) is 13.1 Å². The molecule has 116 valence electrons. The predicted octanol–water partition coefficient (Wildman–Crippen LogP) is 3.43. The molecule has 1 amide bonds. The van der Waals surface area contributed by atoms with Crippen LogP contribution in [0.3, 0.4) is 0 Å². The average molecular weight is 288 g/mol. The first-order valence-electron chi connectivity index (χ1n) is 8.21. The molecule has 0 radical (unpaired) electrons. The highest BCUT2D eigenvalue weighted by Gasteiger charge is 2.25. The Labute approximate surface area is 128 Å². The van der Waals surface area contributed by atoms with Crippen LogP contribution in [-0.4, -0.2) is 29.9 Å². The summed E-state index contributed by atoms with van der Waals surface area (Å²) in [5.41, 5.74) is 8.79. The number of aryl methyl sites for hydroxylation is 2. The maximum Gasteiger partial charge on any atom is 0.254 e. The standard InChI is InChI=1S/C18H28N2O/c1-14-11-15(2)13-16(12-14)18(21)20(10-6-9-19)17-7-4-3-5-8-17/h11-13,17H,3-10,19H2,1-2H3. The maximum absolute atomic E-state index is 12.9. The fourth-order valence-electron chi connectivity index (χ4n) is 3.37. The number of rotatable bonds is 5. The van der Waals surface area contributed by atoms with Crippen molar-refractivity contribution in [3.8, 4) is 0 Å². The summed E-state index contributed by atoms with van der Waals surface area (Å²) in [5, 5.41) is 0. The summed E-state index contributed by atoms with van der Waals surface area (Å²) in [5.74, 6) is 0.183. The average Bonchev–Trinajstić information content (AvgIpc) is 2.47. The van der Waals surface area contributed by atoms with Gasteiger partial charge < -0.3 is 10.6 Å². The minimum atomic E-state index is 0.183. The van der Waals surface area contributed by atoms with Gasteiger partial charge in [-0.1, -0.05) is 36.5 Å². The van der Waals surface area contributed by atoms with Gasteiger partial charge in [0.05, 0.1) is 0 Å². The van der Waals surface area contributed by atoms with E-state index in [1.165, 1.54) is 19.3 Å². The topological polar surface area (TPSA) is 46.3 Å². The number of hydrogen-bond acceptors (Lipinski definition) is 2. The van der Waals surface area contributed by atoms with Gasteiger partial charge in [0.25, 0.3) is 5.91 Å². The molecule has 21 heavy (non-hydrogen) atoms. The molecule has 0 saturated heterocycles. The molecule has 0 atom stereocenters. The Kier molecular flexibility index (Phi) is 5.80. The number of nitrogens with zero attached hydrogens (tertiary/aromatic N) is 1. The van der Waals surface area contributed by atoms with Crippen LogP contribution in [0.25, 0.3) is 0 Å². The van der Waals surface area contributed by atoms with Gasteiger partial charge in [0.15, 0.2) is 0 Å². The lowest BCUT2D eigenvalue weighted by atomic mass is 9.93. The van der Waals surface area contributed by atoms with E-state index in [0.29, 0.717) is 12.6 Å². The first-order chi connectivity index (χ1) is 10.1. The molecule has 1 aromatic carbocycles. The largest absolute Gasteiger partial charge is 0.336 e. The van der Waals surface area contributed by atoms with Crippen LogP contribution >= 0.6 is 0 Å². The van der Waals surface area contributed by atoms with Crippen molar-refractivity contribution in [1.29, 1.82) is 0 Å². The predicted molar refractivity (Wildman–Crippen MR) is 87.5 cm³/mol. The van der Waals surface area contributed by atoms with Crippen molar-refractivity contribution in [3.63, 3.8) is 0 Å². The molecule has 2 N–H and O–H groups in total. The fraction of sp³-hybridized carbons (Fsp3) is 0.611. The number of carbonyl (C=O) groups excluding carboxylic acids is 1. The molecule has 1 aromatic rings. The lowest BCUT2D eigenvalue weighted by Crippen LogP contribution is -2.42. The zero-order valence-electron chi connectivity index (χ0n) is 13.4. The van der Waals surface area contributed by atoms with E-state index in [1.54, 1.807) is 0 Å². The fourth-order valence-corrected chi connectivity index (χ4v) is 3.37. The molecule has 0 bridgehead atoms. The summed E-state index contributed by atoms with van der Waals surface area (Å²) in [6.45, 7) is 5.53. The van der Waals surface area contributed by atoms with E-state index in [2.05, 4.69) is 24.8 Å². The molecule has 0 heterocycles. The van der Waals surface area contributed by atoms with E-state index >= 15 is 0 Å². The third kappa shape index (κ3) is 4.31. The van der Waals surface area contributed by atoms with Crippen LogP contribution in [0.4, 0.5) is 0 Å². The monoisotopic (exact) mass is 288 g/mol. The van der Waals surface area contributed by atoms with Gasteiger partial charge in [-0.15, -0.1) is 0 Å². The van der Waals surface area contributed by atoms with Crippen LogP contribution in [0.1, 0.15) is 60.0 Å². The molecule has 0 spiro atoms. The second-order valence-electron chi connectivity index (χ2n) is 6.31. The van der Waals surface area contributed by atoms with E-state index in [0.717, 1.165) is 42.5 Å². The van der Waals surface area contributed by atoms with Gasteiger partial charge >= 0.3 is 0 Å². The number of hydrogen-bond donors (Lipinski definition) is 1. The number of benzene rings is 1. The summed E-state index contributed by atoms with van der Waals surface area (Å²) in [7, 11) is 0. The van der Waals surface area contributed by atoms with Crippen LogP contribution in [0, 0.1) is 13.8 Å². The Morgan fingerprint density at radius 1 is 1.14 bits per heavy atom. The summed E-state index contributed by atoms with van der Waals surface area (Å²) in [6.07, 6.45) is 6.95. The highest BCUT2D eigenvalue weighted by molar-refractivity contribution is 5.94. The molecule has 3 heteroatoms. The quantitative estimate of drug-likeness (QED) is 0.902. The molecule has 1 aliphatic rings. The number of amides is 1. The minimum Gasteiger partial charge on any atom is -0.336 e. The SMILES string of the molecule is Cc1cc(C)cc(C(=O)N(CCCN)C2CCCCC2)c1. The minimum absolute atomic E-state index is 0.183. The molecule has 0 unspecified atom stereocenters. The zero-order chi connectivity index (χ0) is 15.2. The molecule has 1 saturated carbocycles. The van der Waals surface area contributed by atoms with Crippen molar-refractivity contribution >= 4 is 5.91 Å². The van der Waals surface area contributed by atoms with Crippen LogP contribution in [-0.2, 0) is 0 Å². The maximum atomic E-state index is 12.9. The van der Waals surface area contributed by atoms with E-state index in [9.17, 15) is 4.79 Å². The van der Waals surface area contributed by atoms with Gasteiger partial charge in [-0.3, -0.25) is 4.79 Å². The van der Waals surface area contributed by atoms with Crippen LogP contribution in [0.15, 0.2) is 18.2 Å². The van der Waals surface area contributed by atoms with Crippen molar-refractivity contribution < 1.29 is 4.79 Å². The Morgan fingerprint density at radius 2 is 1.76 bits per heavy atom. The van der Waals surface area contributed by atoms with Gasteiger partial charge in [-0.25, -0.2) is 0 Å². The second-order valence-corrected chi connectivity index (χ2v) is 6.31. The number of carbonyl (C=O) groups is 1. The molecular weight excluding hydrogens is 260 g/mol. The first kappa shape index (κ1) is 16.0. The molecular formula is C18H28N2O. The Morgan fingerprint density at radius 3 is 2.33 bits per heavy atom. The smallest absolute Gasteiger partial charge is 0.254 e. The van der Waals surface area contributed by atoms with E-state index in [1.807, 2.05) is 12.1 Å². The zero-order valence-corrected chi connectivity index (χ0v) is 13.4. The second kappa shape index (κ2) is 7.60. The molecule has 0 aromatic heterocycles. The van der Waals surface area contributed by atoms with Gasteiger partial charge in [0.2, 0.25) is 0 Å². The number of nitrogens with two attached hydrogens (primary N) is 1. The van der Waals surface area contributed by atoms with Gasteiger partial charge in [0, 0.05) is 18.2 Å². The summed E-state index contributed by atoms with van der Waals surface area (Å²) in [6, 6.07) is 6.53. The van der Waals surface area contributed by atoms with Crippen molar-refractivity contribution in [2.24, 2.45) is 5.73 Å². The van der Waals surface area contributed by atoms with Crippen molar-refractivity contribution in [2.45, 2.75) is 58.4 Å².